The van der Waals surface area contributed by atoms with Gasteiger partial charge in [-0.05, 0) is 49.6 Å². The van der Waals surface area contributed by atoms with E-state index >= 15 is 0 Å². The van der Waals surface area contributed by atoms with Crippen molar-refractivity contribution in [3.8, 4) is 5.88 Å². The smallest absolute Gasteiger partial charge is 0.229 e. The third-order valence-corrected chi connectivity index (χ3v) is 4.72. The Hall–Kier alpha value is -3.48. The number of rotatable bonds is 12. The van der Waals surface area contributed by atoms with E-state index in [1.165, 1.54) is 5.56 Å². The first kappa shape index (κ1) is 26.8. The fourth-order valence-corrected chi connectivity index (χ4v) is 3.26. The summed E-state index contributed by atoms with van der Waals surface area (Å²) in [4.78, 5) is 15.9. The molecule has 0 atom stereocenters. The maximum absolute atomic E-state index is 5.98. The van der Waals surface area contributed by atoms with E-state index in [-0.39, 0.29) is 0 Å². The highest BCUT2D eigenvalue weighted by Crippen LogP contribution is 2.17. The van der Waals surface area contributed by atoms with Crippen LogP contribution >= 0.6 is 0 Å². The molecule has 0 unspecified atom stereocenters. The highest BCUT2D eigenvalue weighted by Gasteiger charge is 2.12. The summed E-state index contributed by atoms with van der Waals surface area (Å²) in [7, 11) is 0. The summed E-state index contributed by atoms with van der Waals surface area (Å²) < 4.78 is 5.98. The second kappa shape index (κ2) is 15.4. The minimum absolute atomic E-state index is 0.493. The number of hydrogen-bond acceptors (Lipinski definition) is 7. The van der Waals surface area contributed by atoms with Crippen LogP contribution in [0, 0.1) is 6.92 Å². The van der Waals surface area contributed by atoms with Crippen LogP contribution in [0.5, 0.6) is 5.88 Å². The van der Waals surface area contributed by atoms with Gasteiger partial charge in [0.25, 0.3) is 0 Å². The van der Waals surface area contributed by atoms with E-state index < -0.39 is 0 Å². The summed E-state index contributed by atoms with van der Waals surface area (Å²) in [5, 5.41) is 4.37. The predicted molar refractivity (Wildman–Crippen MR) is 142 cm³/mol. The first-order valence-electron chi connectivity index (χ1n) is 12.2. The van der Waals surface area contributed by atoms with Crippen molar-refractivity contribution in [2.45, 2.75) is 53.9 Å². The summed E-state index contributed by atoms with van der Waals surface area (Å²) in [6, 6.07) is 15.8. The lowest BCUT2D eigenvalue weighted by Crippen LogP contribution is -2.27. The van der Waals surface area contributed by atoms with Gasteiger partial charge in [0, 0.05) is 37.5 Å². The Morgan fingerprint density at radius 3 is 2.47 bits per heavy atom. The number of ether oxygens (including phenoxy) is 1. The molecule has 0 saturated heterocycles. The molecule has 2 aromatic heterocycles. The van der Waals surface area contributed by atoms with E-state index in [0.717, 1.165) is 37.3 Å². The summed E-state index contributed by atoms with van der Waals surface area (Å²) in [6.45, 7) is 12.6. The fourth-order valence-electron chi connectivity index (χ4n) is 3.26. The molecular weight excluding hydrogens is 424 g/mol. The third-order valence-electron chi connectivity index (χ3n) is 4.72. The Bertz CT molecular complexity index is 987. The number of benzene rings is 1. The van der Waals surface area contributed by atoms with Crippen LogP contribution in [0.4, 0.5) is 11.6 Å². The van der Waals surface area contributed by atoms with Crippen molar-refractivity contribution in [3.05, 3.63) is 71.7 Å². The quantitative estimate of drug-likeness (QED) is 0.267. The largest absolute Gasteiger partial charge is 0.477 e. The molecule has 0 bridgehead atoms. The van der Waals surface area contributed by atoms with Gasteiger partial charge in [-0.2, -0.15) is 10.1 Å². The molecule has 1 aromatic carbocycles. The molecule has 1 N–H and O–H groups in total. The molecule has 3 aromatic rings. The van der Waals surface area contributed by atoms with Gasteiger partial charge in [0.1, 0.15) is 0 Å². The lowest BCUT2D eigenvalue weighted by atomic mass is 10.2. The van der Waals surface area contributed by atoms with E-state index in [9.17, 15) is 0 Å². The Kier molecular flexibility index (Phi) is 12.1. The minimum Gasteiger partial charge on any atom is -0.477 e. The number of nitrogens with one attached hydrogen (secondary N) is 1. The Balaban J connectivity index is 0.00000199. The first-order chi connectivity index (χ1) is 16.7. The molecule has 0 radical (unpaired) electrons. The van der Waals surface area contributed by atoms with E-state index in [4.69, 9.17) is 9.72 Å². The standard InChI is InChI=1S/C25H32N6O.C2H6/c1-4-14-31(15-5-2)25-28-23(19-27-30-22-11-8-9-20(3)17-22)18-24(29-25)32-16-12-21-10-6-7-13-26-21;1-2/h6-11,13,17-19,30H,4-5,12,14-16H2,1-3H3;1-2H3/b27-19+;. The number of nitrogens with zero attached hydrogens (tertiary/aromatic N) is 5. The second-order valence-corrected chi connectivity index (χ2v) is 7.58. The van der Waals surface area contributed by atoms with Crippen molar-refractivity contribution in [3.63, 3.8) is 0 Å². The van der Waals surface area contributed by atoms with Crippen LogP contribution in [0.25, 0.3) is 0 Å². The third kappa shape index (κ3) is 9.17. The van der Waals surface area contributed by atoms with Crippen molar-refractivity contribution >= 4 is 17.9 Å². The molecule has 7 nitrogen and oxygen atoms in total. The average Bonchev–Trinajstić information content (AvgIpc) is 2.86. The number of hydrogen-bond donors (Lipinski definition) is 1. The topological polar surface area (TPSA) is 75.5 Å². The van der Waals surface area contributed by atoms with Gasteiger partial charge in [-0.1, -0.05) is 45.9 Å². The van der Waals surface area contributed by atoms with Crippen molar-refractivity contribution in [1.82, 2.24) is 15.0 Å². The van der Waals surface area contributed by atoms with Gasteiger partial charge in [-0.25, -0.2) is 4.98 Å². The SMILES string of the molecule is CC.CCCN(CCC)c1nc(/C=N/Nc2cccc(C)c2)cc(OCCc2ccccn2)n1. The summed E-state index contributed by atoms with van der Waals surface area (Å²) in [6.07, 6.45) is 6.25. The van der Waals surface area contributed by atoms with Gasteiger partial charge in [0.05, 0.1) is 24.2 Å². The molecule has 2 heterocycles. The number of pyridine rings is 1. The van der Waals surface area contributed by atoms with Gasteiger partial charge in [0.2, 0.25) is 11.8 Å². The van der Waals surface area contributed by atoms with Crippen LogP contribution in [-0.2, 0) is 6.42 Å². The average molecular weight is 463 g/mol. The van der Waals surface area contributed by atoms with E-state index in [1.807, 2.05) is 56.3 Å². The highest BCUT2D eigenvalue weighted by atomic mass is 16.5. The minimum atomic E-state index is 0.493. The van der Waals surface area contributed by atoms with Crippen LogP contribution < -0.4 is 15.1 Å². The van der Waals surface area contributed by atoms with Crippen LogP contribution in [-0.4, -0.2) is 40.9 Å². The van der Waals surface area contributed by atoms with Crippen molar-refractivity contribution in [2.75, 3.05) is 30.0 Å². The van der Waals surface area contributed by atoms with Gasteiger partial charge in [-0.15, -0.1) is 0 Å². The molecule has 0 saturated carbocycles. The zero-order valence-corrected chi connectivity index (χ0v) is 21.2. The highest BCUT2D eigenvalue weighted by molar-refractivity contribution is 5.78. The summed E-state index contributed by atoms with van der Waals surface area (Å²) >= 11 is 0. The molecule has 0 aliphatic carbocycles. The van der Waals surface area contributed by atoms with Gasteiger partial charge in [0.15, 0.2) is 0 Å². The van der Waals surface area contributed by atoms with E-state index in [0.29, 0.717) is 30.5 Å². The Morgan fingerprint density at radius 2 is 1.79 bits per heavy atom. The molecule has 0 aliphatic rings. The van der Waals surface area contributed by atoms with Crippen LogP contribution in [0.2, 0.25) is 0 Å². The molecule has 34 heavy (non-hydrogen) atoms. The molecule has 0 spiro atoms. The fraction of sp³-hybridized carbons (Fsp3) is 0.407. The van der Waals surface area contributed by atoms with Crippen molar-refractivity contribution < 1.29 is 4.74 Å². The number of anilines is 2. The van der Waals surface area contributed by atoms with Gasteiger partial charge in [-0.3, -0.25) is 10.4 Å². The van der Waals surface area contributed by atoms with E-state index in [2.05, 4.69) is 52.2 Å². The lowest BCUT2D eigenvalue weighted by molar-refractivity contribution is 0.307. The molecule has 0 amide bonds. The van der Waals surface area contributed by atoms with Crippen molar-refractivity contribution in [1.29, 1.82) is 0 Å². The second-order valence-electron chi connectivity index (χ2n) is 7.58. The van der Waals surface area contributed by atoms with Crippen LogP contribution in [0.15, 0.2) is 59.8 Å². The summed E-state index contributed by atoms with van der Waals surface area (Å²) in [5.74, 6) is 1.21. The Morgan fingerprint density at radius 1 is 1.00 bits per heavy atom. The molecular formula is C27H38N6O. The van der Waals surface area contributed by atoms with Gasteiger partial charge < -0.3 is 9.64 Å². The Labute approximate surface area is 204 Å². The number of hydrazone groups is 1. The van der Waals surface area contributed by atoms with E-state index in [1.54, 1.807) is 12.4 Å². The summed E-state index contributed by atoms with van der Waals surface area (Å²) in [5.41, 5.74) is 6.85. The maximum Gasteiger partial charge on any atom is 0.229 e. The zero-order chi connectivity index (χ0) is 24.6. The maximum atomic E-state index is 5.98. The van der Waals surface area contributed by atoms with Crippen LogP contribution in [0.3, 0.4) is 0 Å². The zero-order valence-electron chi connectivity index (χ0n) is 21.2. The molecule has 182 valence electrons. The van der Waals surface area contributed by atoms with Gasteiger partial charge >= 0.3 is 0 Å². The van der Waals surface area contributed by atoms with Crippen LogP contribution in [0.1, 0.15) is 57.5 Å². The monoisotopic (exact) mass is 462 g/mol. The van der Waals surface area contributed by atoms with Crippen molar-refractivity contribution in [2.24, 2.45) is 5.10 Å². The molecule has 3 rings (SSSR count). The molecule has 0 fully saturated rings. The number of aryl methyl sites for hydroxylation is 1. The lowest BCUT2D eigenvalue weighted by Gasteiger charge is -2.22. The molecule has 7 heteroatoms. The normalized spacial score (nSPS) is 10.5. The number of aromatic nitrogens is 3. The first-order valence-corrected chi connectivity index (χ1v) is 12.2. The molecule has 0 aliphatic heterocycles. The predicted octanol–water partition coefficient (Wildman–Crippen LogP) is 5.90.